The first kappa shape index (κ1) is 13.5. The third-order valence-corrected chi connectivity index (χ3v) is 3.69. The van der Waals surface area contributed by atoms with E-state index in [9.17, 15) is 4.79 Å². The van der Waals surface area contributed by atoms with Gasteiger partial charge in [-0.2, -0.15) is 0 Å². The maximum atomic E-state index is 11.3. The zero-order valence-corrected chi connectivity index (χ0v) is 12.0. The molecule has 1 aromatic heterocycles. The Labute approximate surface area is 116 Å². The minimum Gasteiger partial charge on any atom is -0.497 e. The molecule has 0 bridgehead atoms. The second-order valence-corrected chi connectivity index (χ2v) is 5.12. The number of carbonyl (C=O) groups excluding carboxylic acids is 1. The molecule has 1 aromatic carbocycles. The van der Waals surface area contributed by atoms with Crippen LogP contribution in [0.25, 0.3) is 0 Å². The number of nitrogens with zero attached hydrogens (tertiary/aromatic N) is 1. The minimum absolute atomic E-state index is 0.126. The van der Waals surface area contributed by atoms with Crippen LogP contribution >= 0.6 is 11.3 Å². The monoisotopic (exact) mass is 276 g/mol. The van der Waals surface area contributed by atoms with E-state index in [0.717, 1.165) is 22.3 Å². The van der Waals surface area contributed by atoms with Gasteiger partial charge in [-0.25, -0.2) is 4.98 Å². The highest BCUT2D eigenvalue weighted by Gasteiger charge is 2.14. The Kier molecular flexibility index (Phi) is 4.16. The number of carbonyl (C=O) groups is 1. The van der Waals surface area contributed by atoms with Gasteiger partial charge < -0.3 is 10.1 Å². The van der Waals surface area contributed by atoms with Crippen LogP contribution in [0.5, 0.6) is 5.75 Å². The topological polar surface area (TPSA) is 51.2 Å². The molecule has 4 nitrogen and oxygen atoms in total. The standard InChI is InChI=1S/C14H16N2O2S/c1-9(10(2)17)13-8-19-14(16-13)15-11-4-6-12(18-3)7-5-11/h4-9H,1-3H3,(H,15,16). The van der Waals surface area contributed by atoms with Gasteiger partial charge in [0.2, 0.25) is 0 Å². The maximum absolute atomic E-state index is 11.3. The van der Waals surface area contributed by atoms with Crippen molar-refractivity contribution in [3.05, 3.63) is 35.3 Å². The van der Waals surface area contributed by atoms with Crippen molar-refractivity contribution in [1.29, 1.82) is 0 Å². The lowest BCUT2D eigenvalue weighted by Crippen LogP contribution is -2.04. The Hall–Kier alpha value is -1.88. The molecule has 0 aliphatic heterocycles. The number of nitrogens with one attached hydrogen (secondary N) is 1. The lowest BCUT2D eigenvalue weighted by atomic mass is 10.1. The van der Waals surface area contributed by atoms with E-state index in [1.807, 2.05) is 36.6 Å². The summed E-state index contributed by atoms with van der Waals surface area (Å²) in [5, 5.41) is 5.91. The number of methoxy groups -OCH3 is 1. The summed E-state index contributed by atoms with van der Waals surface area (Å²) in [6.45, 7) is 3.45. The van der Waals surface area contributed by atoms with Crippen molar-refractivity contribution in [3.63, 3.8) is 0 Å². The molecule has 5 heteroatoms. The van der Waals surface area contributed by atoms with Crippen molar-refractivity contribution < 1.29 is 9.53 Å². The molecule has 1 atom stereocenters. The number of ketones is 1. The molecule has 0 saturated carbocycles. The fraction of sp³-hybridized carbons (Fsp3) is 0.286. The van der Waals surface area contributed by atoms with Crippen molar-refractivity contribution in [3.8, 4) is 5.75 Å². The van der Waals surface area contributed by atoms with Crippen molar-refractivity contribution in [2.45, 2.75) is 19.8 Å². The Morgan fingerprint density at radius 2 is 2.05 bits per heavy atom. The fourth-order valence-corrected chi connectivity index (χ4v) is 2.37. The molecular formula is C14H16N2O2S. The average molecular weight is 276 g/mol. The van der Waals surface area contributed by atoms with E-state index >= 15 is 0 Å². The van der Waals surface area contributed by atoms with Gasteiger partial charge in [-0.1, -0.05) is 0 Å². The number of rotatable bonds is 5. The summed E-state index contributed by atoms with van der Waals surface area (Å²) < 4.78 is 5.10. The molecule has 0 aliphatic rings. The molecule has 0 fully saturated rings. The third kappa shape index (κ3) is 3.32. The minimum atomic E-state index is -0.150. The molecule has 19 heavy (non-hydrogen) atoms. The predicted molar refractivity (Wildman–Crippen MR) is 77.5 cm³/mol. The molecule has 1 unspecified atom stereocenters. The highest BCUT2D eigenvalue weighted by Crippen LogP contribution is 2.26. The number of anilines is 2. The molecule has 0 aliphatic carbocycles. The van der Waals surface area contributed by atoms with E-state index in [-0.39, 0.29) is 11.7 Å². The molecular weight excluding hydrogens is 260 g/mol. The number of hydrogen-bond acceptors (Lipinski definition) is 5. The number of ether oxygens (including phenoxy) is 1. The van der Waals surface area contributed by atoms with E-state index in [0.29, 0.717) is 0 Å². The predicted octanol–water partition coefficient (Wildman–Crippen LogP) is 3.59. The lowest BCUT2D eigenvalue weighted by Gasteiger charge is -2.05. The van der Waals surface area contributed by atoms with Crippen LogP contribution in [0.1, 0.15) is 25.5 Å². The normalized spacial score (nSPS) is 11.9. The molecule has 1 heterocycles. The largest absolute Gasteiger partial charge is 0.497 e. The number of aromatic nitrogens is 1. The van der Waals surface area contributed by atoms with E-state index in [1.165, 1.54) is 11.3 Å². The maximum Gasteiger partial charge on any atom is 0.187 e. The van der Waals surface area contributed by atoms with Gasteiger partial charge in [0.25, 0.3) is 0 Å². The summed E-state index contributed by atoms with van der Waals surface area (Å²) in [5.41, 5.74) is 1.76. The third-order valence-electron chi connectivity index (χ3n) is 2.92. The quantitative estimate of drug-likeness (QED) is 0.906. The SMILES string of the molecule is COc1ccc(Nc2nc(C(C)C(C)=O)cs2)cc1. The summed E-state index contributed by atoms with van der Waals surface area (Å²) in [5.74, 6) is 0.791. The first-order chi connectivity index (χ1) is 9.10. The number of hydrogen-bond donors (Lipinski definition) is 1. The lowest BCUT2D eigenvalue weighted by molar-refractivity contribution is -0.118. The van der Waals surface area contributed by atoms with Crippen molar-refractivity contribution in [2.24, 2.45) is 0 Å². The molecule has 100 valence electrons. The van der Waals surface area contributed by atoms with Crippen LogP contribution in [-0.4, -0.2) is 17.9 Å². The Morgan fingerprint density at radius 1 is 1.37 bits per heavy atom. The van der Waals surface area contributed by atoms with Gasteiger partial charge in [-0.15, -0.1) is 11.3 Å². The van der Waals surface area contributed by atoms with Crippen molar-refractivity contribution in [2.75, 3.05) is 12.4 Å². The van der Waals surface area contributed by atoms with Crippen LogP contribution < -0.4 is 10.1 Å². The molecule has 0 amide bonds. The zero-order chi connectivity index (χ0) is 13.8. The fourth-order valence-electron chi connectivity index (χ4n) is 1.55. The summed E-state index contributed by atoms with van der Waals surface area (Å²) >= 11 is 1.49. The van der Waals surface area contributed by atoms with Gasteiger partial charge in [0, 0.05) is 11.1 Å². The zero-order valence-electron chi connectivity index (χ0n) is 11.1. The van der Waals surface area contributed by atoms with E-state index in [2.05, 4.69) is 10.3 Å². The van der Waals surface area contributed by atoms with Crippen LogP contribution in [0.3, 0.4) is 0 Å². The molecule has 2 aromatic rings. The highest BCUT2D eigenvalue weighted by atomic mass is 32.1. The number of thiazole rings is 1. The van der Waals surface area contributed by atoms with Gasteiger partial charge in [0.05, 0.1) is 18.7 Å². The summed E-state index contributed by atoms with van der Waals surface area (Å²) in [7, 11) is 1.64. The Balaban J connectivity index is 2.08. The number of Topliss-reactive ketones (excluding diaryl/α,β-unsaturated/α-hetero) is 1. The van der Waals surface area contributed by atoms with Gasteiger partial charge in [-0.05, 0) is 38.1 Å². The van der Waals surface area contributed by atoms with Gasteiger partial charge in [-0.3, -0.25) is 4.79 Å². The molecule has 0 saturated heterocycles. The highest BCUT2D eigenvalue weighted by molar-refractivity contribution is 7.13. The van der Waals surface area contributed by atoms with E-state index in [4.69, 9.17) is 4.74 Å². The van der Waals surface area contributed by atoms with Crippen LogP contribution in [0, 0.1) is 0 Å². The van der Waals surface area contributed by atoms with Crippen LogP contribution in [-0.2, 0) is 4.79 Å². The van der Waals surface area contributed by atoms with Gasteiger partial charge >= 0.3 is 0 Å². The molecule has 2 rings (SSSR count). The van der Waals surface area contributed by atoms with E-state index in [1.54, 1.807) is 14.0 Å². The molecule has 0 spiro atoms. The summed E-state index contributed by atoms with van der Waals surface area (Å²) in [4.78, 5) is 15.7. The average Bonchev–Trinajstić information content (AvgIpc) is 2.87. The number of benzene rings is 1. The summed E-state index contributed by atoms with van der Waals surface area (Å²) in [6, 6.07) is 7.62. The van der Waals surface area contributed by atoms with Crippen molar-refractivity contribution >= 4 is 27.9 Å². The Bertz CT molecular complexity index is 563. The Morgan fingerprint density at radius 3 is 2.63 bits per heavy atom. The van der Waals surface area contributed by atoms with Crippen molar-refractivity contribution in [1.82, 2.24) is 4.98 Å². The van der Waals surface area contributed by atoms with E-state index < -0.39 is 0 Å². The van der Waals surface area contributed by atoms with Gasteiger partial charge in [0.15, 0.2) is 5.13 Å². The second kappa shape index (κ2) is 5.84. The second-order valence-electron chi connectivity index (χ2n) is 4.26. The first-order valence-electron chi connectivity index (χ1n) is 5.97. The molecule has 1 N–H and O–H groups in total. The first-order valence-corrected chi connectivity index (χ1v) is 6.85. The smallest absolute Gasteiger partial charge is 0.187 e. The van der Waals surface area contributed by atoms with Gasteiger partial charge in [0.1, 0.15) is 11.5 Å². The summed E-state index contributed by atoms with van der Waals surface area (Å²) in [6.07, 6.45) is 0. The van der Waals surface area contributed by atoms with Crippen LogP contribution in [0.15, 0.2) is 29.6 Å². The molecule has 0 radical (unpaired) electrons. The van der Waals surface area contributed by atoms with Crippen LogP contribution in [0.2, 0.25) is 0 Å². The van der Waals surface area contributed by atoms with Crippen LogP contribution in [0.4, 0.5) is 10.8 Å².